The first-order chi connectivity index (χ1) is 6.24. The van der Waals surface area contributed by atoms with Crippen LogP contribution in [0.25, 0.3) is 0 Å². The lowest BCUT2D eigenvalue weighted by atomic mass is 10.0. The summed E-state index contributed by atoms with van der Waals surface area (Å²) in [6, 6.07) is 1.13. The highest BCUT2D eigenvalue weighted by Gasteiger charge is 2.33. The number of nitrogens with one attached hydrogen (secondary N) is 1. The van der Waals surface area contributed by atoms with E-state index in [4.69, 9.17) is 9.84 Å². The largest absolute Gasteiger partial charge is 0.480 e. The van der Waals surface area contributed by atoms with Crippen molar-refractivity contribution in [1.82, 2.24) is 5.32 Å². The van der Waals surface area contributed by atoms with Gasteiger partial charge in [-0.25, -0.2) is 4.79 Å². The van der Waals surface area contributed by atoms with E-state index in [0.29, 0.717) is 12.1 Å². The van der Waals surface area contributed by atoms with Crippen molar-refractivity contribution in [1.29, 1.82) is 0 Å². The van der Waals surface area contributed by atoms with Crippen molar-refractivity contribution in [3.63, 3.8) is 0 Å². The van der Waals surface area contributed by atoms with Crippen LogP contribution in [0.1, 0.15) is 25.7 Å². The molecule has 3 atom stereocenters. The standard InChI is InChI=1S/C9H15NO3.ClH/c11-9(12)5-13-8-3-6-1-2-7(4-8)10-6;/h6-8,10H,1-5H2,(H,11,12);1H/t6-,7+,8?;. The van der Waals surface area contributed by atoms with E-state index in [1.165, 1.54) is 12.8 Å². The van der Waals surface area contributed by atoms with Crippen LogP contribution in [0.3, 0.4) is 0 Å². The molecular formula is C9H16ClNO3. The van der Waals surface area contributed by atoms with Gasteiger partial charge < -0.3 is 15.2 Å². The van der Waals surface area contributed by atoms with Crippen molar-refractivity contribution < 1.29 is 14.6 Å². The summed E-state index contributed by atoms with van der Waals surface area (Å²) in [5, 5.41) is 11.9. The number of carbonyl (C=O) groups is 1. The average molecular weight is 222 g/mol. The highest BCUT2D eigenvalue weighted by Crippen LogP contribution is 2.28. The first kappa shape index (κ1) is 11.8. The van der Waals surface area contributed by atoms with Gasteiger partial charge in [-0.05, 0) is 25.7 Å². The number of ether oxygens (including phenoxy) is 1. The normalized spacial score (nSPS) is 35.0. The summed E-state index contributed by atoms with van der Waals surface area (Å²) in [6.45, 7) is -0.149. The Kier molecular flexibility index (Phi) is 4.16. The molecule has 2 aliphatic rings. The van der Waals surface area contributed by atoms with Crippen LogP contribution in [0.2, 0.25) is 0 Å². The second-order valence-electron chi connectivity index (χ2n) is 3.94. The quantitative estimate of drug-likeness (QED) is 0.740. The highest BCUT2D eigenvalue weighted by atomic mass is 35.5. The van der Waals surface area contributed by atoms with Crippen molar-refractivity contribution in [3.8, 4) is 0 Å². The van der Waals surface area contributed by atoms with Gasteiger partial charge in [0.15, 0.2) is 0 Å². The molecule has 2 heterocycles. The number of rotatable bonds is 3. The lowest BCUT2D eigenvalue weighted by Gasteiger charge is -2.28. The predicted octanol–water partition coefficient (Wildman–Crippen LogP) is 0.792. The van der Waals surface area contributed by atoms with E-state index in [1.54, 1.807) is 0 Å². The number of carboxylic acid groups (broad SMARTS) is 1. The summed E-state index contributed by atoms with van der Waals surface area (Å²) in [7, 11) is 0. The first-order valence-corrected chi connectivity index (χ1v) is 4.83. The van der Waals surface area contributed by atoms with E-state index < -0.39 is 5.97 Å². The minimum absolute atomic E-state index is 0. The molecule has 2 aliphatic heterocycles. The fraction of sp³-hybridized carbons (Fsp3) is 0.889. The molecule has 82 valence electrons. The molecule has 0 aliphatic carbocycles. The molecule has 0 aromatic carbocycles. The maximum Gasteiger partial charge on any atom is 0.329 e. The highest BCUT2D eigenvalue weighted by molar-refractivity contribution is 5.85. The first-order valence-electron chi connectivity index (χ1n) is 4.83. The Hall–Kier alpha value is -0.320. The lowest BCUT2D eigenvalue weighted by molar-refractivity contribution is -0.145. The average Bonchev–Trinajstić information content (AvgIpc) is 2.42. The fourth-order valence-corrected chi connectivity index (χ4v) is 2.33. The van der Waals surface area contributed by atoms with Crippen LogP contribution in [0.15, 0.2) is 0 Å². The number of hydrogen-bond donors (Lipinski definition) is 2. The van der Waals surface area contributed by atoms with Gasteiger partial charge in [-0.3, -0.25) is 0 Å². The summed E-state index contributed by atoms with van der Waals surface area (Å²) in [4.78, 5) is 10.3. The topological polar surface area (TPSA) is 58.6 Å². The van der Waals surface area contributed by atoms with Gasteiger partial charge in [0.25, 0.3) is 0 Å². The van der Waals surface area contributed by atoms with Gasteiger partial charge >= 0.3 is 5.97 Å². The van der Waals surface area contributed by atoms with Crippen LogP contribution in [0.4, 0.5) is 0 Å². The molecule has 5 heteroatoms. The summed E-state index contributed by atoms with van der Waals surface area (Å²) < 4.78 is 5.29. The van der Waals surface area contributed by atoms with Crippen molar-refractivity contribution in [2.75, 3.05) is 6.61 Å². The van der Waals surface area contributed by atoms with Crippen molar-refractivity contribution in [2.45, 2.75) is 43.9 Å². The fourth-order valence-electron chi connectivity index (χ4n) is 2.33. The third-order valence-corrected chi connectivity index (χ3v) is 2.87. The Morgan fingerprint density at radius 3 is 2.43 bits per heavy atom. The van der Waals surface area contributed by atoms with Gasteiger partial charge in [0.1, 0.15) is 6.61 Å². The van der Waals surface area contributed by atoms with E-state index in [1.807, 2.05) is 0 Å². The molecule has 0 aromatic heterocycles. The maximum atomic E-state index is 10.3. The van der Waals surface area contributed by atoms with Gasteiger partial charge in [-0.1, -0.05) is 0 Å². The number of carboxylic acids is 1. The zero-order valence-corrected chi connectivity index (χ0v) is 8.76. The zero-order valence-electron chi connectivity index (χ0n) is 7.94. The van der Waals surface area contributed by atoms with Gasteiger partial charge in [-0.2, -0.15) is 0 Å². The van der Waals surface area contributed by atoms with E-state index in [0.717, 1.165) is 12.8 Å². The molecule has 2 saturated heterocycles. The van der Waals surface area contributed by atoms with Crippen molar-refractivity contribution >= 4 is 18.4 Å². The van der Waals surface area contributed by atoms with Gasteiger partial charge in [0, 0.05) is 12.1 Å². The Morgan fingerprint density at radius 2 is 1.93 bits per heavy atom. The van der Waals surface area contributed by atoms with Crippen molar-refractivity contribution in [2.24, 2.45) is 0 Å². The van der Waals surface area contributed by atoms with Crippen LogP contribution in [-0.4, -0.2) is 35.9 Å². The van der Waals surface area contributed by atoms with E-state index >= 15 is 0 Å². The molecule has 4 nitrogen and oxygen atoms in total. The summed E-state index contributed by atoms with van der Waals surface area (Å²) >= 11 is 0. The molecule has 1 unspecified atom stereocenters. The molecule has 14 heavy (non-hydrogen) atoms. The van der Waals surface area contributed by atoms with Crippen LogP contribution in [-0.2, 0) is 9.53 Å². The monoisotopic (exact) mass is 221 g/mol. The van der Waals surface area contributed by atoms with Gasteiger partial charge in [0.2, 0.25) is 0 Å². The van der Waals surface area contributed by atoms with E-state index in [-0.39, 0.29) is 25.1 Å². The maximum absolute atomic E-state index is 10.3. The summed E-state index contributed by atoms with van der Waals surface area (Å²) in [5.74, 6) is -0.870. The molecule has 2 fully saturated rings. The third-order valence-electron chi connectivity index (χ3n) is 2.87. The van der Waals surface area contributed by atoms with Crippen LogP contribution in [0, 0.1) is 0 Å². The molecule has 0 saturated carbocycles. The Balaban J connectivity index is 0.000000980. The summed E-state index contributed by atoms with van der Waals surface area (Å²) in [6.07, 6.45) is 4.55. The zero-order chi connectivity index (χ0) is 9.26. The van der Waals surface area contributed by atoms with E-state index in [2.05, 4.69) is 5.32 Å². The smallest absolute Gasteiger partial charge is 0.329 e. The third kappa shape index (κ3) is 2.83. The van der Waals surface area contributed by atoms with Gasteiger partial charge in [-0.15, -0.1) is 12.4 Å². The summed E-state index contributed by atoms with van der Waals surface area (Å²) in [5.41, 5.74) is 0. The number of aliphatic carboxylic acids is 1. The Morgan fingerprint density at radius 1 is 1.36 bits per heavy atom. The molecule has 0 radical (unpaired) electrons. The minimum Gasteiger partial charge on any atom is -0.480 e. The molecule has 0 aromatic rings. The molecule has 2 N–H and O–H groups in total. The van der Waals surface area contributed by atoms with Crippen LogP contribution < -0.4 is 5.32 Å². The van der Waals surface area contributed by atoms with Crippen LogP contribution in [0.5, 0.6) is 0 Å². The van der Waals surface area contributed by atoms with Crippen molar-refractivity contribution in [3.05, 3.63) is 0 Å². The van der Waals surface area contributed by atoms with E-state index in [9.17, 15) is 4.79 Å². The Labute approximate surface area is 89.4 Å². The number of fused-ring (bicyclic) bond motifs is 2. The molecule has 0 amide bonds. The molecule has 2 rings (SSSR count). The molecule has 0 spiro atoms. The number of piperidine rings is 1. The Bertz CT molecular complexity index is 200. The van der Waals surface area contributed by atoms with Gasteiger partial charge in [0.05, 0.1) is 6.10 Å². The molecule has 2 bridgehead atoms. The lowest BCUT2D eigenvalue weighted by Crippen LogP contribution is -2.41. The minimum atomic E-state index is -0.870. The van der Waals surface area contributed by atoms with Crippen LogP contribution >= 0.6 is 12.4 Å². The second kappa shape index (κ2) is 4.96. The second-order valence-corrected chi connectivity index (χ2v) is 3.94. The SMILES string of the molecule is Cl.O=C(O)COC1C[C@H]2CC[C@@H](C1)N2. The molecular weight excluding hydrogens is 206 g/mol. The predicted molar refractivity (Wildman–Crippen MR) is 53.8 cm³/mol. The number of hydrogen-bond acceptors (Lipinski definition) is 3. The number of halogens is 1.